The van der Waals surface area contributed by atoms with Gasteiger partial charge in [0.2, 0.25) is 5.91 Å². The first-order chi connectivity index (χ1) is 12.8. The van der Waals surface area contributed by atoms with Crippen LogP contribution in [0.1, 0.15) is 16.7 Å². The molecule has 0 radical (unpaired) electrons. The van der Waals surface area contributed by atoms with Crippen molar-refractivity contribution in [3.8, 4) is 0 Å². The fraction of sp³-hybridized carbons (Fsp3) is 0.286. The second-order valence-corrected chi connectivity index (χ2v) is 6.55. The fourth-order valence-electron chi connectivity index (χ4n) is 3.14. The lowest BCUT2D eigenvalue weighted by Crippen LogP contribution is -2.48. The van der Waals surface area contributed by atoms with E-state index in [2.05, 4.69) is 24.0 Å². The Morgan fingerprint density at radius 3 is 2.19 bits per heavy atom. The zero-order valence-electron chi connectivity index (χ0n) is 15.0. The van der Waals surface area contributed by atoms with Crippen molar-refractivity contribution in [2.75, 3.05) is 31.1 Å². The Bertz CT molecular complexity index is 820. The standard InChI is InChI=1S/C21H21F3N2O/c1-16-4-2-3-5-19(16)25-12-14-26(15-13-25)20(27)11-8-17-6-9-18(10-7-17)21(22,23)24/h2-11H,12-15H2,1H3/b11-8+. The third-order valence-corrected chi connectivity index (χ3v) is 4.70. The van der Waals surface area contributed by atoms with Gasteiger partial charge in [0.25, 0.3) is 0 Å². The molecule has 142 valence electrons. The second kappa shape index (κ2) is 7.86. The number of hydrogen-bond acceptors (Lipinski definition) is 2. The summed E-state index contributed by atoms with van der Waals surface area (Å²) in [6.07, 6.45) is -1.38. The average Bonchev–Trinajstić information content (AvgIpc) is 2.66. The maximum absolute atomic E-state index is 12.6. The molecule has 3 nitrogen and oxygen atoms in total. The number of benzene rings is 2. The van der Waals surface area contributed by atoms with Gasteiger partial charge in [0, 0.05) is 37.9 Å². The predicted molar refractivity (Wildman–Crippen MR) is 100 cm³/mol. The molecule has 1 aliphatic rings. The number of hydrogen-bond donors (Lipinski definition) is 0. The topological polar surface area (TPSA) is 23.6 Å². The summed E-state index contributed by atoms with van der Waals surface area (Å²) in [7, 11) is 0. The molecule has 0 bridgehead atoms. The zero-order valence-corrected chi connectivity index (χ0v) is 15.0. The van der Waals surface area contributed by atoms with Gasteiger partial charge >= 0.3 is 6.18 Å². The van der Waals surface area contributed by atoms with Gasteiger partial charge in [-0.15, -0.1) is 0 Å². The molecular weight excluding hydrogens is 353 g/mol. The number of alkyl halides is 3. The summed E-state index contributed by atoms with van der Waals surface area (Å²) in [5.74, 6) is -0.126. The van der Waals surface area contributed by atoms with Crippen LogP contribution in [0, 0.1) is 6.92 Å². The molecule has 1 heterocycles. The SMILES string of the molecule is Cc1ccccc1N1CCN(C(=O)/C=C/c2ccc(C(F)(F)F)cc2)CC1. The Morgan fingerprint density at radius 1 is 0.963 bits per heavy atom. The molecule has 6 heteroatoms. The average molecular weight is 374 g/mol. The fourth-order valence-corrected chi connectivity index (χ4v) is 3.14. The monoisotopic (exact) mass is 374 g/mol. The van der Waals surface area contributed by atoms with Gasteiger partial charge in [-0.2, -0.15) is 13.2 Å². The van der Waals surface area contributed by atoms with Crippen LogP contribution in [0.25, 0.3) is 6.08 Å². The summed E-state index contributed by atoms with van der Waals surface area (Å²) in [6, 6.07) is 12.9. The third-order valence-electron chi connectivity index (χ3n) is 4.70. The normalized spacial score (nSPS) is 15.4. The van der Waals surface area contributed by atoms with Gasteiger partial charge in [0.1, 0.15) is 0 Å². The summed E-state index contributed by atoms with van der Waals surface area (Å²) < 4.78 is 37.7. The molecule has 0 N–H and O–H groups in total. The van der Waals surface area contributed by atoms with E-state index in [9.17, 15) is 18.0 Å². The van der Waals surface area contributed by atoms with Crippen molar-refractivity contribution in [2.24, 2.45) is 0 Å². The summed E-state index contributed by atoms with van der Waals surface area (Å²) >= 11 is 0. The molecular formula is C21H21F3N2O. The Kier molecular flexibility index (Phi) is 5.54. The lowest BCUT2D eigenvalue weighted by atomic mass is 10.1. The van der Waals surface area contributed by atoms with Crippen LogP contribution in [-0.2, 0) is 11.0 Å². The van der Waals surface area contributed by atoms with E-state index in [0.29, 0.717) is 18.7 Å². The molecule has 0 saturated carbocycles. The van der Waals surface area contributed by atoms with Crippen molar-refractivity contribution >= 4 is 17.7 Å². The van der Waals surface area contributed by atoms with Crippen molar-refractivity contribution < 1.29 is 18.0 Å². The van der Waals surface area contributed by atoms with Crippen LogP contribution >= 0.6 is 0 Å². The van der Waals surface area contributed by atoms with E-state index in [4.69, 9.17) is 0 Å². The molecule has 1 amide bonds. The van der Waals surface area contributed by atoms with Gasteiger partial charge in [-0.3, -0.25) is 4.79 Å². The number of amides is 1. The first-order valence-corrected chi connectivity index (χ1v) is 8.79. The number of halogens is 3. The van der Waals surface area contributed by atoms with Gasteiger partial charge in [-0.05, 0) is 42.3 Å². The summed E-state index contributed by atoms with van der Waals surface area (Å²) in [5.41, 5.74) is 2.26. The van der Waals surface area contributed by atoms with E-state index in [1.807, 2.05) is 12.1 Å². The first-order valence-electron chi connectivity index (χ1n) is 8.79. The molecule has 0 atom stereocenters. The zero-order chi connectivity index (χ0) is 19.4. The lowest BCUT2D eigenvalue weighted by molar-refractivity contribution is -0.137. The summed E-state index contributed by atoms with van der Waals surface area (Å²) in [6.45, 7) is 4.81. The Balaban J connectivity index is 1.56. The van der Waals surface area contributed by atoms with Crippen LogP contribution in [0.2, 0.25) is 0 Å². The molecule has 0 aromatic heterocycles. The molecule has 1 aliphatic heterocycles. The van der Waals surface area contributed by atoms with Crippen molar-refractivity contribution in [2.45, 2.75) is 13.1 Å². The van der Waals surface area contributed by atoms with Crippen molar-refractivity contribution in [3.63, 3.8) is 0 Å². The number of aryl methyl sites for hydroxylation is 1. The number of carbonyl (C=O) groups excluding carboxylic acids is 1. The van der Waals surface area contributed by atoms with Crippen LogP contribution in [0.15, 0.2) is 54.6 Å². The molecule has 27 heavy (non-hydrogen) atoms. The number of carbonyl (C=O) groups is 1. The molecule has 3 rings (SSSR count). The van der Waals surface area contributed by atoms with Gasteiger partial charge in [0.15, 0.2) is 0 Å². The minimum atomic E-state index is -4.35. The first kappa shape index (κ1) is 19.0. The maximum Gasteiger partial charge on any atom is 0.416 e. The second-order valence-electron chi connectivity index (χ2n) is 6.55. The Labute approximate surface area is 156 Å². The van der Waals surface area contributed by atoms with Crippen LogP contribution < -0.4 is 4.90 Å². The number of para-hydroxylation sites is 1. The number of rotatable bonds is 3. The predicted octanol–water partition coefficient (Wildman–Crippen LogP) is 4.38. The molecule has 0 unspecified atom stereocenters. The minimum absolute atomic E-state index is 0.126. The van der Waals surface area contributed by atoms with Crippen molar-refractivity contribution in [1.29, 1.82) is 0 Å². The quantitative estimate of drug-likeness (QED) is 0.745. The molecule has 1 fully saturated rings. The number of anilines is 1. The van der Waals surface area contributed by atoms with Crippen molar-refractivity contribution in [3.05, 3.63) is 71.3 Å². The minimum Gasteiger partial charge on any atom is -0.368 e. The van der Waals surface area contributed by atoms with E-state index >= 15 is 0 Å². The van der Waals surface area contributed by atoms with E-state index in [1.54, 1.807) is 11.0 Å². The van der Waals surface area contributed by atoms with Gasteiger partial charge < -0.3 is 9.80 Å². The number of piperazine rings is 1. The highest BCUT2D eigenvalue weighted by Crippen LogP contribution is 2.29. The van der Waals surface area contributed by atoms with E-state index < -0.39 is 11.7 Å². The van der Waals surface area contributed by atoms with E-state index in [-0.39, 0.29) is 5.91 Å². The highest BCUT2D eigenvalue weighted by atomic mass is 19.4. The van der Waals surface area contributed by atoms with Gasteiger partial charge in [-0.25, -0.2) is 0 Å². The molecule has 0 spiro atoms. The van der Waals surface area contributed by atoms with Crippen LogP contribution in [0.5, 0.6) is 0 Å². The largest absolute Gasteiger partial charge is 0.416 e. The molecule has 0 aliphatic carbocycles. The molecule has 1 saturated heterocycles. The number of nitrogens with zero attached hydrogens (tertiary/aromatic N) is 2. The highest BCUT2D eigenvalue weighted by molar-refractivity contribution is 5.92. The third kappa shape index (κ3) is 4.70. The molecule has 2 aromatic carbocycles. The van der Waals surface area contributed by atoms with Gasteiger partial charge in [0.05, 0.1) is 5.56 Å². The van der Waals surface area contributed by atoms with E-state index in [1.165, 1.54) is 29.5 Å². The lowest BCUT2D eigenvalue weighted by Gasteiger charge is -2.36. The van der Waals surface area contributed by atoms with Crippen LogP contribution in [0.3, 0.4) is 0 Å². The van der Waals surface area contributed by atoms with Crippen LogP contribution in [-0.4, -0.2) is 37.0 Å². The highest BCUT2D eigenvalue weighted by Gasteiger charge is 2.29. The summed E-state index contributed by atoms with van der Waals surface area (Å²) in [4.78, 5) is 16.4. The molecule has 2 aromatic rings. The Hall–Kier alpha value is -2.76. The van der Waals surface area contributed by atoms with E-state index in [0.717, 1.165) is 25.2 Å². The Morgan fingerprint density at radius 2 is 1.59 bits per heavy atom. The smallest absolute Gasteiger partial charge is 0.368 e. The van der Waals surface area contributed by atoms with Crippen LogP contribution in [0.4, 0.5) is 18.9 Å². The maximum atomic E-state index is 12.6. The summed E-state index contributed by atoms with van der Waals surface area (Å²) in [5, 5.41) is 0. The van der Waals surface area contributed by atoms with Gasteiger partial charge in [-0.1, -0.05) is 30.3 Å². The van der Waals surface area contributed by atoms with Crippen molar-refractivity contribution in [1.82, 2.24) is 4.90 Å².